The van der Waals surface area contributed by atoms with Gasteiger partial charge < -0.3 is 10.2 Å². The maximum absolute atomic E-state index is 9.34. The number of aryl methyl sites for hydroxylation is 2. The number of benzene rings is 1. The van der Waals surface area contributed by atoms with Crippen LogP contribution in [0.3, 0.4) is 0 Å². The van der Waals surface area contributed by atoms with E-state index in [0.29, 0.717) is 0 Å². The summed E-state index contributed by atoms with van der Waals surface area (Å²) in [5.41, 5.74) is 2.22. The molecule has 1 aromatic carbocycles. The van der Waals surface area contributed by atoms with Crippen LogP contribution in [0.15, 0.2) is 42.7 Å². The van der Waals surface area contributed by atoms with Crippen LogP contribution in [0.1, 0.15) is 11.1 Å². The molecular formula is C13H13NO2. The second-order valence-corrected chi connectivity index (χ2v) is 3.68. The largest absolute Gasteiger partial charge is 0.504 e. The molecule has 0 bridgehead atoms. The highest BCUT2D eigenvalue weighted by Crippen LogP contribution is 2.25. The highest BCUT2D eigenvalue weighted by Gasteiger charge is 2.01. The Kier molecular flexibility index (Phi) is 3.05. The molecule has 3 heteroatoms. The van der Waals surface area contributed by atoms with E-state index in [1.165, 1.54) is 11.6 Å². The minimum Gasteiger partial charge on any atom is -0.504 e. The van der Waals surface area contributed by atoms with Crippen LogP contribution in [0, 0.1) is 0 Å². The average molecular weight is 215 g/mol. The minimum absolute atomic E-state index is 0.0628. The molecule has 2 N–H and O–H groups in total. The van der Waals surface area contributed by atoms with Crippen molar-refractivity contribution in [1.29, 1.82) is 0 Å². The lowest BCUT2D eigenvalue weighted by Gasteiger charge is -2.03. The Morgan fingerprint density at radius 3 is 2.19 bits per heavy atom. The van der Waals surface area contributed by atoms with Crippen molar-refractivity contribution < 1.29 is 10.2 Å². The average Bonchev–Trinajstić information content (AvgIpc) is 2.32. The van der Waals surface area contributed by atoms with Crippen LogP contribution in [0.5, 0.6) is 11.5 Å². The molecule has 0 saturated carbocycles. The summed E-state index contributed by atoms with van der Waals surface area (Å²) in [6.45, 7) is 0. The molecule has 0 aliphatic carbocycles. The van der Waals surface area contributed by atoms with Crippen LogP contribution in [-0.4, -0.2) is 15.2 Å². The molecule has 3 nitrogen and oxygen atoms in total. The Hall–Kier alpha value is -2.03. The van der Waals surface area contributed by atoms with Crippen molar-refractivity contribution in [2.24, 2.45) is 0 Å². The molecule has 0 unspecified atom stereocenters. The maximum Gasteiger partial charge on any atom is 0.157 e. The summed E-state index contributed by atoms with van der Waals surface area (Å²) in [6.07, 6.45) is 5.26. The van der Waals surface area contributed by atoms with Crippen LogP contribution in [0.2, 0.25) is 0 Å². The summed E-state index contributed by atoms with van der Waals surface area (Å²) in [6, 6.07) is 8.87. The molecule has 0 atom stereocenters. The molecule has 0 fully saturated rings. The van der Waals surface area contributed by atoms with Crippen molar-refractivity contribution in [3.05, 3.63) is 53.9 Å². The lowest BCUT2D eigenvalue weighted by atomic mass is 10.1. The number of phenols is 2. The number of hydrogen-bond acceptors (Lipinski definition) is 3. The predicted octanol–water partition coefficient (Wildman–Crippen LogP) is 2.28. The Morgan fingerprint density at radius 2 is 1.50 bits per heavy atom. The molecule has 0 aliphatic heterocycles. The fourth-order valence-corrected chi connectivity index (χ4v) is 1.56. The third-order valence-electron chi connectivity index (χ3n) is 2.49. The lowest BCUT2D eigenvalue weighted by Crippen LogP contribution is -1.91. The van der Waals surface area contributed by atoms with E-state index in [4.69, 9.17) is 0 Å². The van der Waals surface area contributed by atoms with Crippen molar-refractivity contribution in [2.45, 2.75) is 12.8 Å². The third kappa shape index (κ3) is 2.51. The fourth-order valence-electron chi connectivity index (χ4n) is 1.56. The van der Waals surface area contributed by atoms with Gasteiger partial charge in [-0.3, -0.25) is 4.98 Å². The van der Waals surface area contributed by atoms with Crippen molar-refractivity contribution in [2.75, 3.05) is 0 Å². The van der Waals surface area contributed by atoms with Gasteiger partial charge in [-0.05, 0) is 48.2 Å². The van der Waals surface area contributed by atoms with Gasteiger partial charge in [-0.2, -0.15) is 0 Å². The van der Waals surface area contributed by atoms with E-state index >= 15 is 0 Å². The Labute approximate surface area is 94.0 Å². The van der Waals surface area contributed by atoms with Crippen LogP contribution < -0.4 is 0 Å². The topological polar surface area (TPSA) is 53.4 Å². The molecule has 0 amide bonds. The van der Waals surface area contributed by atoms with Gasteiger partial charge in [0.1, 0.15) is 0 Å². The van der Waals surface area contributed by atoms with Crippen molar-refractivity contribution in [3.63, 3.8) is 0 Å². The Bertz CT molecular complexity index is 469. The first-order chi connectivity index (χ1) is 7.75. The molecule has 1 aromatic heterocycles. The van der Waals surface area contributed by atoms with Gasteiger partial charge >= 0.3 is 0 Å². The van der Waals surface area contributed by atoms with Crippen LogP contribution >= 0.6 is 0 Å². The number of hydrogen-bond donors (Lipinski definition) is 2. The van der Waals surface area contributed by atoms with Crippen molar-refractivity contribution >= 4 is 0 Å². The Morgan fingerprint density at radius 1 is 0.812 bits per heavy atom. The Balaban J connectivity index is 2.03. The number of rotatable bonds is 3. The first-order valence-corrected chi connectivity index (χ1v) is 5.15. The smallest absolute Gasteiger partial charge is 0.157 e. The zero-order valence-electron chi connectivity index (χ0n) is 8.80. The molecule has 0 aliphatic rings. The molecule has 0 radical (unpaired) electrons. The first-order valence-electron chi connectivity index (χ1n) is 5.15. The van der Waals surface area contributed by atoms with Gasteiger partial charge in [0.25, 0.3) is 0 Å². The molecule has 16 heavy (non-hydrogen) atoms. The third-order valence-corrected chi connectivity index (χ3v) is 2.49. The normalized spacial score (nSPS) is 10.2. The van der Waals surface area contributed by atoms with Gasteiger partial charge in [-0.25, -0.2) is 0 Å². The van der Waals surface area contributed by atoms with Gasteiger partial charge in [0.2, 0.25) is 0 Å². The van der Waals surface area contributed by atoms with Gasteiger partial charge in [0.05, 0.1) is 0 Å². The number of aromatic hydroxyl groups is 2. The van der Waals surface area contributed by atoms with E-state index < -0.39 is 0 Å². The van der Waals surface area contributed by atoms with Crippen LogP contribution in [0.25, 0.3) is 0 Å². The van der Waals surface area contributed by atoms with Crippen LogP contribution in [-0.2, 0) is 12.8 Å². The minimum atomic E-state index is -0.0762. The summed E-state index contributed by atoms with van der Waals surface area (Å²) >= 11 is 0. The molecule has 2 aromatic rings. The zero-order chi connectivity index (χ0) is 11.4. The summed E-state index contributed by atoms with van der Waals surface area (Å²) < 4.78 is 0. The van der Waals surface area contributed by atoms with Crippen molar-refractivity contribution in [1.82, 2.24) is 4.98 Å². The van der Waals surface area contributed by atoms with Gasteiger partial charge in [-0.1, -0.05) is 6.07 Å². The SMILES string of the molecule is Oc1ccc(CCc2ccncc2)cc1O. The van der Waals surface area contributed by atoms with E-state index in [0.717, 1.165) is 18.4 Å². The van der Waals surface area contributed by atoms with E-state index in [1.807, 2.05) is 18.2 Å². The maximum atomic E-state index is 9.34. The number of pyridine rings is 1. The first kappa shape index (κ1) is 10.5. The second-order valence-electron chi connectivity index (χ2n) is 3.68. The predicted molar refractivity (Wildman–Crippen MR) is 61.4 cm³/mol. The molecule has 0 spiro atoms. The summed E-state index contributed by atoms with van der Waals surface area (Å²) in [5.74, 6) is -0.139. The van der Waals surface area contributed by atoms with Crippen molar-refractivity contribution in [3.8, 4) is 11.5 Å². The van der Waals surface area contributed by atoms with E-state index in [1.54, 1.807) is 18.5 Å². The quantitative estimate of drug-likeness (QED) is 0.772. The molecule has 2 rings (SSSR count). The fraction of sp³-hybridized carbons (Fsp3) is 0.154. The van der Waals surface area contributed by atoms with Crippen LogP contribution in [0.4, 0.5) is 0 Å². The molecule has 1 heterocycles. The zero-order valence-corrected chi connectivity index (χ0v) is 8.80. The standard InChI is InChI=1S/C13H13NO2/c15-12-4-3-11(9-13(12)16)2-1-10-5-7-14-8-6-10/h3-9,15-16H,1-2H2. The van der Waals surface area contributed by atoms with E-state index in [-0.39, 0.29) is 11.5 Å². The van der Waals surface area contributed by atoms with E-state index in [2.05, 4.69) is 4.98 Å². The lowest BCUT2D eigenvalue weighted by molar-refractivity contribution is 0.403. The van der Waals surface area contributed by atoms with Gasteiger partial charge in [0, 0.05) is 12.4 Å². The summed E-state index contributed by atoms with van der Waals surface area (Å²) in [5, 5.41) is 18.5. The number of nitrogens with zero attached hydrogens (tertiary/aromatic N) is 1. The van der Waals surface area contributed by atoms with Gasteiger partial charge in [0.15, 0.2) is 11.5 Å². The second kappa shape index (κ2) is 4.66. The summed E-state index contributed by atoms with van der Waals surface area (Å²) in [7, 11) is 0. The molecule has 82 valence electrons. The highest BCUT2D eigenvalue weighted by molar-refractivity contribution is 5.40. The summed E-state index contributed by atoms with van der Waals surface area (Å²) in [4.78, 5) is 3.95. The van der Waals surface area contributed by atoms with E-state index in [9.17, 15) is 10.2 Å². The molecular weight excluding hydrogens is 202 g/mol. The van der Waals surface area contributed by atoms with Gasteiger partial charge in [-0.15, -0.1) is 0 Å². The number of aromatic nitrogens is 1. The molecule has 0 saturated heterocycles. The number of phenolic OH excluding ortho intramolecular Hbond substituents is 2. The monoisotopic (exact) mass is 215 g/mol. The highest BCUT2D eigenvalue weighted by atomic mass is 16.3.